The zero-order valence-corrected chi connectivity index (χ0v) is 14.4. The van der Waals surface area contributed by atoms with Gasteiger partial charge >= 0.3 is 5.97 Å². The van der Waals surface area contributed by atoms with Gasteiger partial charge in [0.2, 0.25) is 0 Å². The number of nitrogens with one attached hydrogen (secondary N) is 1. The van der Waals surface area contributed by atoms with E-state index in [1.165, 1.54) is 19.2 Å². The lowest BCUT2D eigenvalue weighted by Crippen LogP contribution is -2.30. The van der Waals surface area contributed by atoms with E-state index in [4.69, 9.17) is 16.3 Å². The molecule has 0 aliphatic carbocycles. The maximum Gasteiger partial charge on any atom is 0.342 e. The number of benzene rings is 1. The van der Waals surface area contributed by atoms with Gasteiger partial charge in [-0.15, -0.1) is 0 Å². The largest absolute Gasteiger partial charge is 0.449 e. The second-order valence-electron chi connectivity index (χ2n) is 5.32. The summed E-state index contributed by atoms with van der Waals surface area (Å²) in [5.41, 5.74) is 1.75. The molecule has 6 nitrogen and oxygen atoms in total. The Labute approximate surface area is 145 Å². The standard InChI is InChI=1S/C17H18ClN3O3/c1-11(24-17(23)14-5-4-10-19-15(14)18)16(22)20-12-6-8-13(9-7-12)21(2)3/h4-11H,1-3H3,(H,20,22)/t11-/m0/s1. The fourth-order valence-electron chi connectivity index (χ4n) is 1.90. The Hall–Kier alpha value is -2.60. The van der Waals surface area contributed by atoms with Gasteiger partial charge in [0.15, 0.2) is 6.10 Å². The number of hydrogen-bond donors (Lipinski definition) is 1. The third-order valence-corrected chi connectivity index (χ3v) is 3.58. The molecule has 2 aromatic rings. The zero-order chi connectivity index (χ0) is 17.7. The third-order valence-electron chi connectivity index (χ3n) is 3.28. The highest BCUT2D eigenvalue weighted by Gasteiger charge is 2.21. The minimum atomic E-state index is -0.970. The number of carbonyl (C=O) groups excluding carboxylic acids is 2. The Bertz CT molecular complexity index is 732. The van der Waals surface area contributed by atoms with Crippen molar-refractivity contribution in [2.24, 2.45) is 0 Å². The SMILES string of the molecule is C[C@H](OC(=O)c1cccnc1Cl)C(=O)Nc1ccc(N(C)C)cc1. The normalized spacial score (nSPS) is 11.5. The number of pyridine rings is 1. The Morgan fingerprint density at radius 1 is 1.21 bits per heavy atom. The Morgan fingerprint density at radius 2 is 1.88 bits per heavy atom. The number of nitrogens with zero attached hydrogens (tertiary/aromatic N) is 2. The summed E-state index contributed by atoms with van der Waals surface area (Å²) in [4.78, 5) is 29.9. The summed E-state index contributed by atoms with van der Waals surface area (Å²) < 4.78 is 5.13. The maximum atomic E-state index is 12.1. The molecule has 1 aromatic heterocycles. The first-order chi connectivity index (χ1) is 11.4. The molecule has 1 N–H and O–H groups in total. The molecule has 1 heterocycles. The molecule has 0 aliphatic heterocycles. The molecule has 0 saturated heterocycles. The van der Waals surface area contributed by atoms with E-state index in [1.54, 1.807) is 18.2 Å². The highest BCUT2D eigenvalue weighted by Crippen LogP contribution is 2.17. The van der Waals surface area contributed by atoms with Crippen LogP contribution in [0.25, 0.3) is 0 Å². The third kappa shape index (κ3) is 4.45. The van der Waals surface area contributed by atoms with E-state index in [9.17, 15) is 9.59 Å². The van der Waals surface area contributed by atoms with Crippen LogP contribution in [0, 0.1) is 0 Å². The summed E-state index contributed by atoms with van der Waals surface area (Å²) in [5.74, 6) is -1.13. The number of aromatic nitrogens is 1. The molecule has 1 amide bonds. The van der Waals surface area contributed by atoms with E-state index in [2.05, 4.69) is 10.3 Å². The highest BCUT2D eigenvalue weighted by atomic mass is 35.5. The Morgan fingerprint density at radius 3 is 2.46 bits per heavy atom. The van der Waals surface area contributed by atoms with Crippen LogP contribution in [0.3, 0.4) is 0 Å². The monoisotopic (exact) mass is 347 g/mol. The van der Waals surface area contributed by atoms with Crippen molar-refractivity contribution in [3.05, 3.63) is 53.3 Å². The fourth-order valence-corrected chi connectivity index (χ4v) is 2.10. The summed E-state index contributed by atoms with van der Waals surface area (Å²) in [6.45, 7) is 1.49. The predicted molar refractivity (Wildman–Crippen MR) is 93.5 cm³/mol. The summed E-state index contributed by atoms with van der Waals surface area (Å²) in [7, 11) is 3.86. The number of esters is 1. The second-order valence-corrected chi connectivity index (χ2v) is 5.68. The molecule has 126 valence electrons. The number of halogens is 1. The molecular formula is C17H18ClN3O3. The van der Waals surface area contributed by atoms with Crippen LogP contribution in [-0.2, 0) is 9.53 Å². The molecule has 1 atom stereocenters. The number of ether oxygens (including phenoxy) is 1. The van der Waals surface area contributed by atoms with Crippen LogP contribution in [0.2, 0.25) is 5.15 Å². The molecule has 0 fully saturated rings. The average molecular weight is 348 g/mol. The first kappa shape index (κ1) is 17.7. The van der Waals surface area contributed by atoms with Crippen molar-refractivity contribution < 1.29 is 14.3 Å². The molecule has 2 rings (SSSR count). The van der Waals surface area contributed by atoms with Gasteiger partial charge in [-0.25, -0.2) is 9.78 Å². The van der Waals surface area contributed by atoms with Gasteiger partial charge in [0.05, 0.1) is 5.56 Å². The summed E-state index contributed by atoms with van der Waals surface area (Å²) in [5, 5.41) is 2.73. The van der Waals surface area contributed by atoms with E-state index >= 15 is 0 Å². The van der Waals surface area contributed by atoms with E-state index in [1.807, 2.05) is 31.1 Å². The quantitative estimate of drug-likeness (QED) is 0.665. The molecule has 1 aromatic carbocycles. The van der Waals surface area contributed by atoms with Gasteiger partial charge in [-0.05, 0) is 43.3 Å². The van der Waals surface area contributed by atoms with Gasteiger partial charge in [0, 0.05) is 31.7 Å². The zero-order valence-electron chi connectivity index (χ0n) is 13.6. The fraction of sp³-hybridized carbons (Fsp3) is 0.235. The van der Waals surface area contributed by atoms with Gasteiger partial charge in [0.1, 0.15) is 5.15 Å². The lowest BCUT2D eigenvalue weighted by molar-refractivity contribution is -0.123. The lowest BCUT2D eigenvalue weighted by atomic mass is 10.2. The molecular weight excluding hydrogens is 330 g/mol. The topological polar surface area (TPSA) is 71.5 Å². The van der Waals surface area contributed by atoms with Crippen molar-refractivity contribution in [2.75, 3.05) is 24.3 Å². The van der Waals surface area contributed by atoms with E-state index in [0.29, 0.717) is 5.69 Å². The smallest absolute Gasteiger partial charge is 0.342 e. The highest BCUT2D eigenvalue weighted by molar-refractivity contribution is 6.32. The molecule has 0 bridgehead atoms. The average Bonchev–Trinajstić information content (AvgIpc) is 2.55. The Kier molecular flexibility index (Phi) is 5.76. The van der Waals surface area contributed by atoms with Crippen LogP contribution >= 0.6 is 11.6 Å². The number of rotatable bonds is 5. The van der Waals surface area contributed by atoms with Crippen molar-refractivity contribution in [1.29, 1.82) is 0 Å². The van der Waals surface area contributed by atoms with Gasteiger partial charge < -0.3 is 15.0 Å². The van der Waals surface area contributed by atoms with Crippen LogP contribution in [0.5, 0.6) is 0 Å². The van der Waals surface area contributed by atoms with Gasteiger partial charge in [0.25, 0.3) is 5.91 Å². The molecule has 7 heteroatoms. The van der Waals surface area contributed by atoms with Crippen molar-refractivity contribution in [3.63, 3.8) is 0 Å². The van der Waals surface area contributed by atoms with Crippen LogP contribution in [0.4, 0.5) is 11.4 Å². The maximum absolute atomic E-state index is 12.1. The van der Waals surface area contributed by atoms with Crippen molar-refractivity contribution in [1.82, 2.24) is 4.98 Å². The van der Waals surface area contributed by atoms with Gasteiger partial charge in [-0.3, -0.25) is 4.79 Å². The molecule has 0 aliphatic rings. The van der Waals surface area contributed by atoms with E-state index in [-0.39, 0.29) is 10.7 Å². The van der Waals surface area contributed by atoms with E-state index in [0.717, 1.165) is 5.69 Å². The molecule has 0 spiro atoms. The van der Waals surface area contributed by atoms with Gasteiger partial charge in [-0.2, -0.15) is 0 Å². The first-order valence-corrected chi connectivity index (χ1v) is 7.66. The first-order valence-electron chi connectivity index (χ1n) is 7.28. The van der Waals surface area contributed by atoms with Gasteiger partial charge in [-0.1, -0.05) is 11.6 Å². The van der Waals surface area contributed by atoms with Crippen LogP contribution in [0.1, 0.15) is 17.3 Å². The summed E-state index contributed by atoms with van der Waals surface area (Å²) in [6, 6.07) is 10.4. The molecule has 24 heavy (non-hydrogen) atoms. The Balaban J connectivity index is 1.97. The summed E-state index contributed by atoms with van der Waals surface area (Å²) in [6.07, 6.45) is 0.495. The number of anilines is 2. The lowest BCUT2D eigenvalue weighted by Gasteiger charge is -2.15. The predicted octanol–water partition coefficient (Wildman–Crippen LogP) is 2.99. The molecule has 0 unspecified atom stereocenters. The minimum absolute atomic E-state index is 0.0365. The molecule has 0 radical (unpaired) electrons. The van der Waals surface area contributed by atoms with Crippen LogP contribution in [0.15, 0.2) is 42.6 Å². The molecule has 0 saturated carbocycles. The van der Waals surface area contributed by atoms with Crippen molar-refractivity contribution in [3.8, 4) is 0 Å². The number of hydrogen-bond acceptors (Lipinski definition) is 5. The van der Waals surface area contributed by atoms with Crippen LogP contribution < -0.4 is 10.2 Å². The number of carbonyl (C=O) groups is 2. The van der Waals surface area contributed by atoms with Crippen molar-refractivity contribution in [2.45, 2.75) is 13.0 Å². The number of amides is 1. The van der Waals surface area contributed by atoms with Crippen molar-refractivity contribution >= 4 is 34.9 Å². The van der Waals surface area contributed by atoms with Crippen LogP contribution in [-0.4, -0.2) is 37.1 Å². The minimum Gasteiger partial charge on any atom is -0.449 e. The van der Waals surface area contributed by atoms with E-state index < -0.39 is 18.0 Å². The summed E-state index contributed by atoms with van der Waals surface area (Å²) >= 11 is 5.84. The second kappa shape index (κ2) is 7.79.